The number of nitrogens with two attached hydrogens (primary N) is 1. The minimum atomic E-state index is -0.815. The molecule has 238 valence electrons. The fourth-order valence-corrected chi connectivity index (χ4v) is 5.73. The van der Waals surface area contributed by atoms with Gasteiger partial charge in [-0.25, -0.2) is 4.99 Å². The van der Waals surface area contributed by atoms with Crippen LogP contribution in [0.15, 0.2) is 52.0 Å². The average molecular weight is 617 g/mol. The van der Waals surface area contributed by atoms with Crippen molar-refractivity contribution in [3.8, 4) is 0 Å². The van der Waals surface area contributed by atoms with E-state index in [1.165, 1.54) is 23.2 Å². The van der Waals surface area contributed by atoms with Crippen LogP contribution in [0.3, 0.4) is 0 Å². The number of nitrogens with one attached hydrogen (secondary N) is 2. The Morgan fingerprint density at radius 2 is 1.91 bits per heavy atom. The van der Waals surface area contributed by atoms with Crippen LogP contribution in [-0.2, 0) is 9.59 Å². The summed E-state index contributed by atoms with van der Waals surface area (Å²) < 4.78 is 5.69. The molecule has 13 heteroatoms. The van der Waals surface area contributed by atoms with E-state index in [2.05, 4.69) is 15.6 Å². The second-order valence-electron chi connectivity index (χ2n) is 11.7. The molecule has 2 unspecified atom stereocenters. The molecule has 2 fully saturated rings. The number of carbonyl (C=O) groups is 4. The molecule has 2 aromatic heterocycles. The molecular formula is C32H40N8O5. The van der Waals surface area contributed by atoms with Gasteiger partial charge < -0.3 is 30.2 Å². The number of aromatic nitrogens is 1. The Bertz CT molecular complexity index is 1600. The van der Waals surface area contributed by atoms with Gasteiger partial charge in [-0.05, 0) is 75.4 Å². The van der Waals surface area contributed by atoms with Gasteiger partial charge in [0.25, 0.3) is 11.8 Å². The zero-order valence-electron chi connectivity index (χ0n) is 25.9. The van der Waals surface area contributed by atoms with Crippen LogP contribution in [-0.4, -0.2) is 102 Å². The van der Waals surface area contributed by atoms with Gasteiger partial charge in [-0.15, -0.1) is 0 Å². The first-order valence-corrected chi connectivity index (χ1v) is 15.3. The second kappa shape index (κ2) is 13.9. The Hall–Kier alpha value is -4.78. The smallest absolute Gasteiger partial charge is 0.271 e. The molecule has 2 saturated heterocycles. The molecule has 4 amide bonds. The van der Waals surface area contributed by atoms with Crippen molar-refractivity contribution in [1.82, 2.24) is 25.0 Å². The molecule has 0 aliphatic carbocycles. The summed E-state index contributed by atoms with van der Waals surface area (Å²) in [6, 6.07) is 9.54. The second-order valence-corrected chi connectivity index (χ2v) is 11.7. The van der Waals surface area contributed by atoms with Crippen molar-refractivity contribution in [2.24, 2.45) is 10.7 Å². The number of aliphatic imine (C=N–C) groups is 1. The molecule has 3 aromatic rings. The van der Waals surface area contributed by atoms with Gasteiger partial charge in [-0.1, -0.05) is 0 Å². The highest BCUT2D eigenvalue weighted by Gasteiger charge is 2.33. The first-order valence-electron chi connectivity index (χ1n) is 15.3. The highest BCUT2D eigenvalue weighted by atomic mass is 16.3. The van der Waals surface area contributed by atoms with Gasteiger partial charge in [0, 0.05) is 57.0 Å². The predicted octanol–water partition coefficient (Wildman–Crippen LogP) is 2.37. The van der Waals surface area contributed by atoms with Crippen LogP contribution in [0.25, 0.3) is 11.0 Å². The SMILES string of the molecule is Cc1cc2cc(NC(=NC3CCCCN(CC(=O)N4CCCC4CN)C3=O)NC(=O)c3ccc(C(=O)N(C)C)nc3)ccc2o1. The molecule has 0 spiro atoms. The third-order valence-corrected chi connectivity index (χ3v) is 8.12. The van der Waals surface area contributed by atoms with Crippen molar-refractivity contribution in [3.63, 3.8) is 0 Å². The van der Waals surface area contributed by atoms with Crippen LogP contribution in [0.1, 0.15) is 58.7 Å². The lowest BCUT2D eigenvalue weighted by Gasteiger charge is -2.28. The summed E-state index contributed by atoms with van der Waals surface area (Å²) in [4.78, 5) is 66.1. The zero-order valence-corrected chi connectivity index (χ0v) is 25.9. The maximum Gasteiger partial charge on any atom is 0.271 e. The number of nitrogens with zero attached hydrogens (tertiary/aromatic N) is 5. The molecule has 4 N–H and O–H groups in total. The first-order chi connectivity index (χ1) is 21.6. The number of benzene rings is 1. The number of anilines is 1. The van der Waals surface area contributed by atoms with Gasteiger partial charge in [0.05, 0.1) is 12.1 Å². The average Bonchev–Trinajstić information content (AvgIpc) is 3.62. The summed E-state index contributed by atoms with van der Waals surface area (Å²) in [5, 5.41) is 6.82. The van der Waals surface area contributed by atoms with E-state index in [9.17, 15) is 19.2 Å². The van der Waals surface area contributed by atoms with E-state index in [0.29, 0.717) is 37.3 Å². The fourth-order valence-electron chi connectivity index (χ4n) is 5.73. The van der Waals surface area contributed by atoms with Gasteiger partial charge in [-0.2, -0.15) is 0 Å². The maximum absolute atomic E-state index is 13.7. The van der Waals surface area contributed by atoms with Gasteiger partial charge in [0.2, 0.25) is 17.8 Å². The molecule has 0 radical (unpaired) electrons. The lowest BCUT2D eigenvalue weighted by molar-refractivity contribution is -0.141. The molecule has 2 aliphatic heterocycles. The largest absolute Gasteiger partial charge is 0.461 e. The van der Waals surface area contributed by atoms with Crippen LogP contribution >= 0.6 is 0 Å². The molecule has 4 heterocycles. The Morgan fingerprint density at radius 3 is 2.64 bits per heavy atom. The molecule has 2 atom stereocenters. The van der Waals surface area contributed by atoms with E-state index < -0.39 is 11.9 Å². The minimum absolute atomic E-state index is 0.000300. The number of rotatable bonds is 7. The Balaban J connectivity index is 1.39. The standard InChI is InChI=1S/C32H40N8O5/c1-20-15-22-16-23(10-12-27(22)45-20)35-32(37-29(42)21-9-11-25(34-18-21)30(43)38(2)3)36-26-8-4-5-13-39(31(26)44)19-28(41)40-14-6-7-24(40)17-33/h9-12,15-16,18,24,26H,4-8,13-14,17,19,33H2,1-3H3,(H2,35,36,37,42). The topological polar surface area (TPSA) is 166 Å². The number of hydrogen-bond donors (Lipinski definition) is 3. The third-order valence-electron chi connectivity index (χ3n) is 8.12. The van der Waals surface area contributed by atoms with Crippen molar-refractivity contribution in [2.75, 3.05) is 45.6 Å². The van der Waals surface area contributed by atoms with Gasteiger partial charge in [0.15, 0.2) is 0 Å². The number of likely N-dealkylation sites (tertiary alicyclic amines) is 2. The highest BCUT2D eigenvalue weighted by Crippen LogP contribution is 2.23. The number of carbonyl (C=O) groups excluding carboxylic acids is 4. The van der Waals surface area contributed by atoms with Crippen molar-refractivity contribution >= 4 is 46.2 Å². The van der Waals surface area contributed by atoms with E-state index >= 15 is 0 Å². The molecule has 5 rings (SSSR count). The monoisotopic (exact) mass is 616 g/mol. The van der Waals surface area contributed by atoms with E-state index in [0.717, 1.165) is 36.8 Å². The first kappa shape index (κ1) is 31.6. The number of aryl methyl sites for hydroxylation is 1. The lowest BCUT2D eigenvalue weighted by atomic mass is 10.1. The van der Waals surface area contributed by atoms with E-state index in [-0.39, 0.29) is 47.5 Å². The molecule has 13 nitrogen and oxygen atoms in total. The summed E-state index contributed by atoms with van der Waals surface area (Å²) >= 11 is 0. The van der Waals surface area contributed by atoms with Crippen molar-refractivity contribution < 1.29 is 23.6 Å². The summed E-state index contributed by atoms with van der Waals surface area (Å²) in [5.41, 5.74) is 7.63. The maximum atomic E-state index is 13.7. The number of fused-ring (bicyclic) bond motifs is 1. The minimum Gasteiger partial charge on any atom is -0.461 e. The van der Waals surface area contributed by atoms with Gasteiger partial charge in [-0.3, -0.25) is 29.5 Å². The van der Waals surface area contributed by atoms with Crippen molar-refractivity contribution in [1.29, 1.82) is 0 Å². The quantitative estimate of drug-likeness (QED) is 0.269. The third kappa shape index (κ3) is 7.48. The highest BCUT2D eigenvalue weighted by molar-refractivity contribution is 6.11. The molecular weight excluding hydrogens is 576 g/mol. The molecule has 45 heavy (non-hydrogen) atoms. The van der Waals surface area contributed by atoms with E-state index in [1.807, 2.05) is 25.1 Å². The number of furan rings is 1. The predicted molar refractivity (Wildman–Crippen MR) is 170 cm³/mol. The summed E-state index contributed by atoms with van der Waals surface area (Å²) in [6.07, 6.45) is 5.01. The van der Waals surface area contributed by atoms with Crippen LogP contribution in [0.2, 0.25) is 0 Å². The molecule has 0 bridgehead atoms. The van der Waals surface area contributed by atoms with Gasteiger partial charge in [0.1, 0.15) is 23.1 Å². The number of amides is 4. The van der Waals surface area contributed by atoms with Crippen LogP contribution in [0.4, 0.5) is 5.69 Å². The van der Waals surface area contributed by atoms with Crippen molar-refractivity contribution in [2.45, 2.75) is 51.1 Å². The Kier molecular flexibility index (Phi) is 9.77. The normalized spacial score (nSPS) is 19.0. The van der Waals surface area contributed by atoms with E-state index in [4.69, 9.17) is 15.1 Å². The summed E-state index contributed by atoms with van der Waals surface area (Å²) in [7, 11) is 3.24. The van der Waals surface area contributed by atoms with Crippen LogP contribution in [0.5, 0.6) is 0 Å². The molecule has 2 aliphatic rings. The van der Waals surface area contributed by atoms with Gasteiger partial charge >= 0.3 is 0 Å². The fraction of sp³-hybridized carbons (Fsp3) is 0.438. The van der Waals surface area contributed by atoms with Crippen LogP contribution < -0.4 is 16.4 Å². The molecule has 1 aromatic carbocycles. The van der Waals surface area contributed by atoms with Crippen molar-refractivity contribution in [3.05, 3.63) is 59.6 Å². The number of hydrogen-bond acceptors (Lipinski definition) is 8. The number of guanidine groups is 1. The Morgan fingerprint density at radius 1 is 1.09 bits per heavy atom. The Labute approximate surface area is 261 Å². The van der Waals surface area contributed by atoms with Crippen LogP contribution in [0, 0.1) is 6.92 Å². The molecule has 0 saturated carbocycles. The summed E-state index contributed by atoms with van der Waals surface area (Å²) in [5.74, 6) is -0.352. The summed E-state index contributed by atoms with van der Waals surface area (Å²) in [6.45, 7) is 3.32. The lowest BCUT2D eigenvalue weighted by Crippen LogP contribution is -2.48. The number of pyridine rings is 1. The van der Waals surface area contributed by atoms with E-state index in [1.54, 1.807) is 30.0 Å². The zero-order chi connectivity index (χ0) is 32.1.